The molecular formula is C46H38N2. The van der Waals surface area contributed by atoms with Crippen LogP contribution < -0.4 is 0 Å². The second kappa shape index (κ2) is 9.61. The Morgan fingerprint density at radius 1 is 0.417 bits per heavy atom. The van der Waals surface area contributed by atoms with Gasteiger partial charge in [-0.1, -0.05) is 119 Å². The number of aromatic nitrogens is 2. The number of hydrogen-bond acceptors (Lipinski definition) is 0. The highest BCUT2D eigenvalue weighted by atomic mass is 15.0. The van der Waals surface area contributed by atoms with Crippen molar-refractivity contribution < 1.29 is 0 Å². The Bertz CT molecular complexity index is 2770. The third-order valence-electron chi connectivity index (χ3n) is 11.5. The van der Waals surface area contributed by atoms with Crippen LogP contribution in [0.25, 0.3) is 76.5 Å². The van der Waals surface area contributed by atoms with Crippen LogP contribution in [0.2, 0.25) is 0 Å². The molecule has 10 rings (SSSR count). The summed E-state index contributed by atoms with van der Waals surface area (Å²) in [7, 11) is 0. The van der Waals surface area contributed by atoms with Crippen LogP contribution in [0.1, 0.15) is 51.7 Å². The van der Waals surface area contributed by atoms with Crippen molar-refractivity contribution in [3.63, 3.8) is 0 Å². The van der Waals surface area contributed by atoms with E-state index in [4.69, 9.17) is 0 Å². The van der Waals surface area contributed by atoms with E-state index in [1.54, 1.807) is 0 Å². The lowest BCUT2D eigenvalue weighted by Gasteiger charge is -2.42. The van der Waals surface area contributed by atoms with Gasteiger partial charge in [0.25, 0.3) is 0 Å². The van der Waals surface area contributed by atoms with E-state index in [1.807, 2.05) is 0 Å². The molecule has 48 heavy (non-hydrogen) atoms. The predicted molar refractivity (Wildman–Crippen MR) is 205 cm³/mol. The number of nitrogens with zero attached hydrogens (tertiary/aromatic N) is 2. The molecule has 0 N–H and O–H groups in total. The van der Waals surface area contributed by atoms with Gasteiger partial charge >= 0.3 is 0 Å². The normalized spacial score (nSPS) is 15.7. The summed E-state index contributed by atoms with van der Waals surface area (Å²) < 4.78 is 5.07. The van der Waals surface area contributed by atoms with Crippen LogP contribution in [0.3, 0.4) is 0 Å². The molecule has 1 aliphatic rings. The molecule has 0 aliphatic heterocycles. The largest absolute Gasteiger partial charge is 0.309 e. The highest BCUT2D eigenvalue weighted by molar-refractivity contribution is 6.23. The van der Waals surface area contributed by atoms with E-state index in [-0.39, 0.29) is 10.8 Å². The van der Waals surface area contributed by atoms with E-state index in [9.17, 15) is 0 Å². The average Bonchev–Trinajstić information content (AvgIpc) is 3.60. The molecule has 0 saturated heterocycles. The summed E-state index contributed by atoms with van der Waals surface area (Å²) in [4.78, 5) is 0. The summed E-state index contributed by atoms with van der Waals surface area (Å²) in [6.07, 6.45) is 2.39. The molecule has 0 amide bonds. The van der Waals surface area contributed by atoms with Gasteiger partial charge in [0.2, 0.25) is 0 Å². The number of fused-ring (bicyclic) bond motifs is 10. The topological polar surface area (TPSA) is 9.86 Å². The second-order valence-electron chi connectivity index (χ2n) is 15.3. The average molecular weight is 619 g/mol. The molecule has 0 saturated carbocycles. The Balaban J connectivity index is 1.44. The molecule has 1 aliphatic carbocycles. The van der Waals surface area contributed by atoms with Crippen molar-refractivity contribution in [1.29, 1.82) is 0 Å². The lowest BCUT2D eigenvalue weighted by molar-refractivity contribution is 0.332. The van der Waals surface area contributed by atoms with E-state index >= 15 is 0 Å². The first-order valence-electron chi connectivity index (χ1n) is 17.3. The van der Waals surface area contributed by atoms with Gasteiger partial charge in [-0.2, -0.15) is 0 Å². The summed E-state index contributed by atoms with van der Waals surface area (Å²) in [6.45, 7) is 9.75. The Kier molecular flexibility index (Phi) is 5.55. The lowest BCUT2D eigenvalue weighted by atomic mass is 9.63. The number of benzene rings is 7. The molecule has 0 unspecified atom stereocenters. The van der Waals surface area contributed by atoms with Crippen LogP contribution in [-0.2, 0) is 10.8 Å². The molecule has 0 atom stereocenters. The summed E-state index contributed by atoms with van der Waals surface area (Å²) in [5, 5.41) is 10.3. The van der Waals surface area contributed by atoms with Crippen molar-refractivity contribution in [3.05, 3.63) is 145 Å². The molecule has 2 heterocycles. The molecule has 2 heteroatoms. The van der Waals surface area contributed by atoms with E-state index < -0.39 is 0 Å². The van der Waals surface area contributed by atoms with Crippen molar-refractivity contribution in [2.75, 3.05) is 0 Å². The van der Waals surface area contributed by atoms with Crippen LogP contribution in [0.15, 0.2) is 133 Å². The van der Waals surface area contributed by atoms with Gasteiger partial charge in [-0.05, 0) is 88.0 Å². The fourth-order valence-corrected chi connectivity index (χ4v) is 8.85. The van der Waals surface area contributed by atoms with Gasteiger partial charge in [0.15, 0.2) is 0 Å². The minimum Gasteiger partial charge on any atom is -0.309 e. The van der Waals surface area contributed by atoms with Crippen molar-refractivity contribution in [2.24, 2.45) is 0 Å². The molecule has 2 nitrogen and oxygen atoms in total. The smallest absolute Gasteiger partial charge is 0.0619 e. The summed E-state index contributed by atoms with van der Waals surface area (Å²) in [5.41, 5.74) is 10.7. The molecule has 2 aromatic heterocycles. The second-order valence-corrected chi connectivity index (χ2v) is 15.3. The van der Waals surface area contributed by atoms with Crippen molar-refractivity contribution in [2.45, 2.75) is 51.4 Å². The van der Waals surface area contributed by atoms with Crippen molar-refractivity contribution >= 4 is 65.2 Å². The highest BCUT2D eigenvalue weighted by Gasteiger charge is 2.38. The summed E-state index contributed by atoms with van der Waals surface area (Å²) >= 11 is 0. The summed E-state index contributed by atoms with van der Waals surface area (Å²) in [6, 6.07) is 50.0. The first-order chi connectivity index (χ1) is 23.3. The molecule has 0 spiro atoms. The fraction of sp³-hybridized carbons (Fsp3) is 0.174. The third-order valence-corrected chi connectivity index (χ3v) is 11.5. The number of hydrogen-bond donors (Lipinski definition) is 0. The van der Waals surface area contributed by atoms with E-state index in [2.05, 4.69) is 170 Å². The number of para-hydroxylation sites is 1. The summed E-state index contributed by atoms with van der Waals surface area (Å²) in [5.74, 6) is 0. The van der Waals surface area contributed by atoms with Crippen LogP contribution in [0.4, 0.5) is 0 Å². The molecular weight excluding hydrogens is 581 g/mol. The van der Waals surface area contributed by atoms with Gasteiger partial charge in [-0.25, -0.2) is 0 Å². The predicted octanol–water partition coefficient (Wildman–Crippen LogP) is 12.5. The quantitative estimate of drug-likeness (QED) is 0.182. The SMILES string of the molecule is CC1(C)CCC(C)(C)c2cc3c(cc21)c1cc2c(cc1n3-c1cccc3ccccc13)c1ccc3ccccc3c1n2-c1ccccc1. The molecule has 232 valence electrons. The molecule has 0 bridgehead atoms. The maximum absolute atomic E-state index is 2.57. The van der Waals surface area contributed by atoms with E-state index in [0.29, 0.717) is 0 Å². The minimum atomic E-state index is 0.116. The lowest BCUT2D eigenvalue weighted by Crippen LogP contribution is -2.33. The molecule has 0 fully saturated rings. The zero-order chi connectivity index (χ0) is 32.4. The Labute approximate surface area is 280 Å². The molecule has 7 aromatic carbocycles. The highest BCUT2D eigenvalue weighted by Crippen LogP contribution is 2.49. The van der Waals surface area contributed by atoms with Gasteiger partial charge < -0.3 is 9.13 Å². The van der Waals surface area contributed by atoms with Crippen molar-refractivity contribution in [3.8, 4) is 11.4 Å². The zero-order valence-electron chi connectivity index (χ0n) is 28.0. The van der Waals surface area contributed by atoms with Gasteiger partial charge in [-0.3, -0.25) is 0 Å². The van der Waals surface area contributed by atoms with Gasteiger partial charge in [0, 0.05) is 38.0 Å². The minimum absolute atomic E-state index is 0.116. The Hall–Kier alpha value is -5.34. The Morgan fingerprint density at radius 3 is 1.71 bits per heavy atom. The van der Waals surface area contributed by atoms with Gasteiger partial charge in [-0.15, -0.1) is 0 Å². The maximum atomic E-state index is 2.57. The van der Waals surface area contributed by atoms with E-state index in [0.717, 1.165) is 0 Å². The fourth-order valence-electron chi connectivity index (χ4n) is 8.85. The molecule has 0 radical (unpaired) electrons. The first kappa shape index (κ1) is 27.7. The van der Waals surface area contributed by atoms with Crippen molar-refractivity contribution in [1.82, 2.24) is 9.13 Å². The van der Waals surface area contributed by atoms with Crippen LogP contribution >= 0.6 is 0 Å². The maximum Gasteiger partial charge on any atom is 0.0619 e. The zero-order valence-corrected chi connectivity index (χ0v) is 28.0. The molecule has 9 aromatic rings. The van der Waals surface area contributed by atoms with Crippen LogP contribution in [-0.4, -0.2) is 9.13 Å². The van der Waals surface area contributed by atoms with Gasteiger partial charge in [0.05, 0.1) is 27.8 Å². The van der Waals surface area contributed by atoms with Crippen LogP contribution in [0, 0.1) is 0 Å². The van der Waals surface area contributed by atoms with E-state index in [1.165, 1.54) is 100 Å². The monoisotopic (exact) mass is 618 g/mol. The number of rotatable bonds is 2. The third kappa shape index (κ3) is 3.75. The first-order valence-corrected chi connectivity index (χ1v) is 17.3. The van der Waals surface area contributed by atoms with Crippen LogP contribution in [0.5, 0.6) is 0 Å². The standard InChI is InChI=1S/C46H38N2/c1-45(2)23-24-46(3,4)39-28-43-35(25-38(39)45)37-27-41-36(26-42(37)48(43)40-20-12-15-29-13-8-10-18-32(29)40)34-22-21-30-14-9-11-19-33(30)44(34)47(41)31-16-6-5-7-17-31/h5-22,25-28H,23-24H2,1-4H3. The van der Waals surface area contributed by atoms with Gasteiger partial charge in [0.1, 0.15) is 0 Å². The Morgan fingerprint density at radius 2 is 0.958 bits per heavy atom.